The lowest BCUT2D eigenvalue weighted by Gasteiger charge is -2.16. The van der Waals surface area contributed by atoms with Crippen molar-refractivity contribution in [2.24, 2.45) is 0 Å². The van der Waals surface area contributed by atoms with E-state index in [-0.39, 0.29) is 12.8 Å². The standard InChI is InChI=1S/C11H10F5NO2/c1-4(2-3-5(18)19)17-11-9(15)7(13)6(12)8(14)10(11)16/h4,17H,2-3H2,1H3,(H,18,19). The molecule has 0 aliphatic heterocycles. The number of hydrogen-bond donors (Lipinski definition) is 2. The highest BCUT2D eigenvalue weighted by Crippen LogP contribution is 2.27. The SMILES string of the molecule is CC(CCC(=O)O)Nc1c(F)c(F)c(F)c(F)c1F. The Morgan fingerprint density at radius 2 is 1.47 bits per heavy atom. The van der Waals surface area contributed by atoms with Crippen molar-refractivity contribution >= 4 is 11.7 Å². The number of rotatable bonds is 5. The molecule has 1 atom stereocenters. The number of benzene rings is 1. The smallest absolute Gasteiger partial charge is 0.303 e. The Balaban J connectivity index is 2.98. The minimum Gasteiger partial charge on any atom is -0.481 e. The van der Waals surface area contributed by atoms with Crippen LogP contribution in [-0.4, -0.2) is 17.1 Å². The van der Waals surface area contributed by atoms with Crippen LogP contribution < -0.4 is 5.32 Å². The van der Waals surface area contributed by atoms with Gasteiger partial charge in [0.25, 0.3) is 0 Å². The summed E-state index contributed by atoms with van der Waals surface area (Å²) in [5, 5.41) is 10.5. The van der Waals surface area contributed by atoms with Crippen LogP contribution in [0.25, 0.3) is 0 Å². The maximum atomic E-state index is 13.3. The van der Waals surface area contributed by atoms with E-state index in [1.54, 1.807) is 0 Å². The molecule has 1 aromatic carbocycles. The van der Waals surface area contributed by atoms with Gasteiger partial charge in [-0.1, -0.05) is 0 Å². The van der Waals surface area contributed by atoms with Crippen LogP contribution in [0.4, 0.5) is 27.6 Å². The number of halogens is 5. The zero-order valence-corrected chi connectivity index (χ0v) is 9.74. The summed E-state index contributed by atoms with van der Waals surface area (Å²) in [5.74, 6) is -11.4. The highest BCUT2D eigenvalue weighted by atomic mass is 19.2. The average Bonchev–Trinajstić information content (AvgIpc) is 2.36. The van der Waals surface area contributed by atoms with Crippen molar-refractivity contribution in [1.29, 1.82) is 0 Å². The van der Waals surface area contributed by atoms with Crippen molar-refractivity contribution in [2.45, 2.75) is 25.8 Å². The molecule has 0 aliphatic carbocycles. The van der Waals surface area contributed by atoms with Crippen molar-refractivity contribution in [1.82, 2.24) is 0 Å². The second kappa shape index (κ2) is 5.85. The summed E-state index contributed by atoms with van der Waals surface area (Å²) in [7, 11) is 0. The first-order valence-electron chi connectivity index (χ1n) is 5.25. The summed E-state index contributed by atoms with van der Waals surface area (Å²) in [6.45, 7) is 1.36. The summed E-state index contributed by atoms with van der Waals surface area (Å²) in [4.78, 5) is 10.3. The number of carboxylic acids is 1. The Labute approximate surface area is 105 Å². The Kier molecular flexibility index (Phi) is 4.68. The predicted molar refractivity (Wildman–Crippen MR) is 56.2 cm³/mol. The molecule has 0 radical (unpaired) electrons. The second-order valence-electron chi connectivity index (χ2n) is 3.92. The first-order valence-corrected chi connectivity index (χ1v) is 5.25. The van der Waals surface area contributed by atoms with Gasteiger partial charge < -0.3 is 10.4 Å². The van der Waals surface area contributed by atoms with E-state index < -0.39 is 46.8 Å². The Bertz CT molecular complexity index is 477. The minimum absolute atomic E-state index is 0.0329. The van der Waals surface area contributed by atoms with Gasteiger partial charge >= 0.3 is 5.97 Å². The minimum atomic E-state index is -2.24. The first kappa shape index (κ1) is 15.2. The molecule has 1 aromatic rings. The third-order valence-electron chi connectivity index (χ3n) is 2.39. The van der Waals surface area contributed by atoms with Gasteiger partial charge in [-0.2, -0.15) is 0 Å². The maximum Gasteiger partial charge on any atom is 0.303 e. The predicted octanol–water partition coefficient (Wildman–Crippen LogP) is 3.05. The zero-order chi connectivity index (χ0) is 14.7. The van der Waals surface area contributed by atoms with Crippen LogP contribution in [0, 0.1) is 29.1 Å². The summed E-state index contributed by atoms with van der Waals surface area (Å²) in [6, 6.07) is -0.774. The maximum absolute atomic E-state index is 13.3. The van der Waals surface area contributed by atoms with Crippen LogP contribution in [-0.2, 0) is 4.79 Å². The van der Waals surface area contributed by atoms with E-state index in [2.05, 4.69) is 5.32 Å². The molecule has 2 N–H and O–H groups in total. The van der Waals surface area contributed by atoms with Crippen LogP contribution in [0.1, 0.15) is 19.8 Å². The molecule has 8 heteroatoms. The molecule has 0 bridgehead atoms. The summed E-state index contributed by atoms with van der Waals surface area (Å²) < 4.78 is 65.0. The largest absolute Gasteiger partial charge is 0.481 e. The molecular formula is C11H10F5NO2. The molecule has 0 amide bonds. The van der Waals surface area contributed by atoms with Gasteiger partial charge in [-0.15, -0.1) is 0 Å². The van der Waals surface area contributed by atoms with Crippen molar-refractivity contribution in [2.75, 3.05) is 5.32 Å². The van der Waals surface area contributed by atoms with Crippen LogP contribution in [0.2, 0.25) is 0 Å². The monoisotopic (exact) mass is 283 g/mol. The summed E-state index contributed by atoms with van der Waals surface area (Å²) in [6.07, 6.45) is -0.335. The van der Waals surface area contributed by atoms with E-state index in [0.29, 0.717) is 0 Å². The summed E-state index contributed by atoms with van der Waals surface area (Å²) >= 11 is 0. The zero-order valence-electron chi connectivity index (χ0n) is 9.74. The van der Waals surface area contributed by atoms with E-state index in [4.69, 9.17) is 5.11 Å². The molecular weight excluding hydrogens is 273 g/mol. The van der Waals surface area contributed by atoms with Gasteiger partial charge in [0.05, 0.1) is 0 Å². The van der Waals surface area contributed by atoms with Gasteiger partial charge in [-0.25, -0.2) is 22.0 Å². The number of carboxylic acid groups (broad SMARTS) is 1. The lowest BCUT2D eigenvalue weighted by Crippen LogP contribution is -2.20. The van der Waals surface area contributed by atoms with E-state index in [9.17, 15) is 26.7 Å². The molecule has 0 spiro atoms. The van der Waals surface area contributed by atoms with Crippen molar-refractivity contribution < 1.29 is 31.9 Å². The number of aliphatic carboxylic acids is 1. The first-order chi connectivity index (χ1) is 8.75. The highest BCUT2D eigenvalue weighted by Gasteiger charge is 2.26. The van der Waals surface area contributed by atoms with Crippen LogP contribution in [0.15, 0.2) is 0 Å². The van der Waals surface area contributed by atoms with Gasteiger partial charge in [-0.05, 0) is 13.3 Å². The molecule has 0 aromatic heterocycles. The molecule has 1 rings (SSSR count). The molecule has 0 heterocycles. The van der Waals surface area contributed by atoms with Crippen LogP contribution >= 0.6 is 0 Å². The lowest BCUT2D eigenvalue weighted by molar-refractivity contribution is -0.137. The van der Waals surface area contributed by atoms with Crippen molar-refractivity contribution in [3.05, 3.63) is 29.1 Å². The van der Waals surface area contributed by atoms with Gasteiger partial charge in [0.1, 0.15) is 5.69 Å². The third-order valence-corrected chi connectivity index (χ3v) is 2.39. The lowest BCUT2D eigenvalue weighted by atomic mass is 10.1. The second-order valence-corrected chi connectivity index (χ2v) is 3.92. The number of nitrogens with one attached hydrogen (secondary N) is 1. The van der Waals surface area contributed by atoms with Gasteiger partial charge in [-0.3, -0.25) is 4.79 Å². The van der Waals surface area contributed by atoms with E-state index in [1.165, 1.54) is 6.92 Å². The molecule has 0 fully saturated rings. The van der Waals surface area contributed by atoms with E-state index in [1.807, 2.05) is 0 Å². The Hall–Kier alpha value is -1.86. The molecule has 0 saturated carbocycles. The molecule has 0 aliphatic rings. The fourth-order valence-corrected chi connectivity index (χ4v) is 1.39. The average molecular weight is 283 g/mol. The van der Waals surface area contributed by atoms with Crippen molar-refractivity contribution in [3.63, 3.8) is 0 Å². The third kappa shape index (κ3) is 3.33. The molecule has 106 valence electrons. The Morgan fingerprint density at radius 1 is 1.05 bits per heavy atom. The fourth-order valence-electron chi connectivity index (χ4n) is 1.39. The van der Waals surface area contributed by atoms with Crippen LogP contribution in [0.3, 0.4) is 0 Å². The highest BCUT2D eigenvalue weighted by molar-refractivity contribution is 5.66. The van der Waals surface area contributed by atoms with E-state index in [0.717, 1.165) is 0 Å². The van der Waals surface area contributed by atoms with Crippen molar-refractivity contribution in [3.8, 4) is 0 Å². The van der Waals surface area contributed by atoms with E-state index >= 15 is 0 Å². The summed E-state index contributed by atoms with van der Waals surface area (Å²) in [5.41, 5.74) is -1.16. The normalized spacial score (nSPS) is 12.3. The number of hydrogen-bond acceptors (Lipinski definition) is 2. The molecule has 19 heavy (non-hydrogen) atoms. The Morgan fingerprint density at radius 3 is 1.89 bits per heavy atom. The fraction of sp³-hybridized carbons (Fsp3) is 0.364. The molecule has 0 saturated heterocycles. The number of carbonyl (C=O) groups is 1. The molecule has 1 unspecified atom stereocenters. The van der Waals surface area contributed by atoms with Gasteiger partial charge in [0, 0.05) is 12.5 Å². The molecule has 3 nitrogen and oxygen atoms in total. The van der Waals surface area contributed by atoms with Gasteiger partial charge in [0.15, 0.2) is 23.3 Å². The quantitative estimate of drug-likeness (QED) is 0.496. The van der Waals surface area contributed by atoms with Gasteiger partial charge in [0.2, 0.25) is 5.82 Å². The van der Waals surface area contributed by atoms with Crippen LogP contribution in [0.5, 0.6) is 0 Å². The topological polar surface area (TPSA) is 49.3 Å². The number of anilines is 1.